The lowest BCUT2D eigenvalue weighted by molar-refractivity contribution is -0.118. The summed E-state index contributed by atoms with van der Waals surface area (Å²) in [6.45, 7) is 0.774. The van der Waals surface area contributed by atoms with Crippen LogP contribution in [0, 0.1) is 0 Å². The molecular formula is C25H27N3O2. The first-order chi connectivity index (χ1) is 14.7. The Labute approximate surface area is 177 Å². The zero-order chi connectivity index (χ0) is 20.5. The van der Waals surface area contributed by atoms with Gasteiger partial charge in [0.15, 0.2) is 0 Å². The van der Waals surface area contributed by atoms with Crippen LogP contribution < -0.4 is 10.2 Å². The number of hydrogen-bond donors (Lipinski definition) is 1. The van der Waals surface area contributed by atoms with Crippen LogP contribution >= 0.6 is 0 Å². The van der Waals surface area contributed by atoms with Crippen LogP contribution in [0.25, 0.3) is 0 Å². The molecule has 154 valence electrons. The van der Waals surface area contributed by atoms with E-state index in [1.165, 1.54) is 5.56 Å². The van der Waals surface area contributed by atoms with E-state index >= 15 is 0 Å². The number of anilines is 2. The highest BCUT2D eigenvalue weighted by Crippen LogP contribution is 2.32. The number of fused-ring (bicyclic) bond motifs is 3. The number of urea groups is 1. The Balaban J connectivity index is 1.22. The minimum absolute atomic E-state index is 0.0272. The van der Waals surface area contributed by atoms with Crippen molar-refractivity contribution in [1.29, 1.82) is 0 Å². The molecule has 3 aliphatic rings. The summed E-state index contributed by atoms with van der Waals surface area (Å²) in [5, 5.41) is 3.03. The molecule has 3 heterocycles. The number of para-hydroxylation sites is 1. The molecular weight excluding hydrogens is 374 g/mol. The fraction of sp³-hybridized carbons (Fsp3) is 0.360. The molecule has 2 atom stereocenters. The molecule has 0 aliphatic carbocycles. The van der Waals surface area contributed by atoms with Gasteiger partial charge < -0.3 is 15.1 Å². The Morgan fingerprint density at radius 1 is 1.03 bits per heavy atom. The summed E-state index contributed by atoms with van der Waals surface area (Å²) in [4.78, 5) is 29.5. The first-order valence-electron chi connectivity index (χ1n) is 10.9. The first kappa shape index (κ1) is 18.9. The van der Waals surface area contributed by atoms with Gasteiger partial charge in [-0.25, -0.2) is 4.79 Å². The van der Waals surface area contributed by atoms with E-state index in [4.69, 9.17) is 0 Å². The molecule has 3 aliphatic heterocycles. The predicted molar refractivity (Wildman–Crippen MR) is 119 cm³/mol. The lowest BCUT2D eigenvalue weighted by Crippen LogP contribution is -2.44. The molecule has 5 nitrogen and oxygen atoms in total. The van der Waals surface area contributed by atoms with Crippen molar-refractivity contribution in [2.75, 3.05) is 16.8 Å². The number of hydrogen-bond acceptors (Lipinski definition) is 2. The van der Waals surface area contributed by atoms with Crippen molar-refractivity contribution in [3.05, 3.63) is 71.8 Å². The number of carbonyl (C=O) groups excluding carboxylic acids is 2. The number of aryl methyl sites for hydroxylation is 1. The third kappa shape index (κ3) is 3.60. The highest BCUT2D eigenvalue weighted by atomic mass is 16.2. The Bertz CT molecular complexity index is 982. The van der Waals surface area contributed by atoms with E-state index in [0.717, 1.165) is 55.6 Å². The molecule has 0 spiro atoms. The van der Waals surface area contributed by atoms with E-state index in [1.54, 1.807) is 0 Å². The highest BCUT2D eigenvalue weighted by molar-refractivity contribution is 5.96. The SMILES string of the molecule is O=C(Cc1ccc(NC(=O)N2C3C=CCC2CC3)cc1)N1CCCc2ccccc21. The van der Waals surface area contributed by atoms with E-state index in [9.17, 15) is 9.59 Å². The molecule has 30 heavy (non-hydrogen) atoms. The van der Waals surface area contributed by atoms with Crippen LogP contribution in [0.1, 0.15) is 36.8 Å². The number of benzene rings is 2. The average molecular weight is 402 g/mol. The van der Waals surface area contributed by atoms with Crippen LogP contribution in [0.5, 0.6) is 0 Å². The van der Waals surface area contributed by atoms with Crippen LogP contribution in [0.2, 0.25) is 0 Å². The van der Waals surface area contributed by atoms with Gasteiger partial charge in [0, 0.05) is 24.0 Å². The van der Waals surface area contributed by atoms with Crippen molar-refractivity contribution in [1.82, 2.24) is 4.90 Å². The number of carbonyl (C=O) groups is 2. The smallest absolute Gasteiger partial charge is 0.315 e. The van der Waals surface area contributed by atoms with Gasteiger partial charge in [0.2, 0.25) is 5.91 Å². The van der Waals surface area contributed by atoms with Crippen LogP contribution in [0.3, 0.4) is 0 Å². The van der Waals surface area contributed by atoms with Gasteiger partial charge in [-0.3, -0.25) is 4.79 Å². The Hall–Kier alpha value is -3.08. The second-order valence-electron chi connectivity index (χ2n) is 8.45. The predicted octanol–water partition coefficient (Wildman–Crippen LogP) is 4.53. The summed E-state index contributed by atoms with van der Waals surface area (Å²) in [5.41, 5.74) is 4.02. The lowest BCUT2D eigenvalue weighted by Gasteiger charge is -2.31. The fourth-order valence-electron chi connectivity index (χ4n) is 5.00. The zero-order valence-corrected chi connectivity index (χ0v) is 17.1. The molecule has 2 aromatic carbocycles. The Morgan fingerprint density at radius 2 is 1.87 bits per heavy atom. The van der Waals surface area contributed by atoms with E-state index in [1.807, 2.05) is 52.3 Å². The van der Waals surface area contributed by atoms with Gasteiger partial charge in [-0.1, -0.05) is 42.5 Å². The van der Waals surface area contributed by atoms with Gasteiger partial charge in [-0.2, -0.15) is 0 Å². The molecule has 2 aromatic rings. The molecule has 1 N–H and O–H groups in total. The maximum Gasteiger partial charge on any atom is 0.322 e. The van der Waals surface area contributed by atoms with Crippen LogP contribution in [0.15, 0.2) is 60.7 Å². The van der Waals surface area contributed by atoms with Gasteiger partial charge in [0.25, 0.3) is 0 Å². The topological polar surface area (TPSA) is 52.7 Å². The Kier molecular flexibility index (Phi) is 5.03. The summed E-state index contributed by atoms with van der Waals surface area (Å²) < 4.78 is 0. The summed E-state index contributed by atoms with van der Waals surface area (Å²) >= 11 is 0. The third-order valence-electron chi connectivity index (χ3n) is 6.52. The summed E-state index contributed by atoms with van der Waals surface area (Å²) in [6, 6.07) is 16.4. The van der Waals surface area contributed by atoms with Crippen molar-refractivity contribution in [3.8, 4) is 0 Å². The number of rotatable bonds is 3. The quantitative estimate of drug-likeness (QED) is 0.768. The van der Waals surface area contributed by atoms with Crippen molar-refractivity contribution in [3.63, 3.8) is 0 Å². The zero-order valence-electron chi connectivity index (χ0n) is 17.1. The molecule has 0 saturated carbocycles. The monoisotopic (exact) mass is 401 g/mol. The van der Waals surface area contributed by atoms with Crippen molar-refractivity contribution < 1.29 is 9.59 Å². The van der Waals surface area contributed by atoms with Crippen molar-refractivity contribution in [2.45, 2.75) is 50.6 Å². The van der Waals surface area contributed by atoms with E-state index in [2.05, 4.69) is 23.5 Å². The average Bonchev–Trinajstić information content (AvgIpc) is 3.03. The van der Waals surface area contributed by atoms with Crippen LogP contribution in [0.4, 0.5) is 16.2 Å². The summed E-state index contributed by atoms with van der Waals surface area (Å²) in [6.07, 6.45) is 9.81. The normalized spacial score (nSPS) is 22.0. The largest absolute Gasteiger partial charge is 0.322 e. The summed E-state index contributed by atoms with van der Waals surface area (Å²) in [7, 11) is 0. The molecule has 2 bridgehead atoms. The highest BCUT2D eigenvalue weighted by Gasteiger charge is 2.37. The second kappa shape index (κ2) is 7.98. The molecule has 1 fully saturated rings. The lowest BCUT2D eigenvalue weighted by atomic mass is 10.0. The molecule has 5 rings (SSSR count). The van der Waals surface area contributed by atoms with E-state index in [-0.39, 0.29) is 18.0 Å². The first-order valence-corrected chi connectivity index (χ1v) is 10.9. The van der Waals surface area contributed by atoms with Gasteiger partial charge in [0.05, 0.1) is 12.5 Å². The molecule has 0 aromatic heterocycles. The molecule has 5 heteroatoms. The molecule has 3 amide bonds. The van der Waals surface area contributed by atoms with Crippen LogP contribution in [-0.2, 0) is 17.6 Å². The maximum atomic E-state index is 12.9. The minimum atomic E-state index is -0.0272. The third-order valence-corrected chi connectivity index (χ3v) is 6.52. The maximum absolute atomic E-state index is 12.9. The second-order valence-corrected chi connectivity index (χ2v) is 8.45. The number of amides is 3. The van der Waals surface area contributed by atoms with E-state index < -0.39 is 0 Å². The van der Waals surface area contributed by atoms with Crippen molar-refractivity contribution in [2.24, 2.45) is 0 Å². The summed E-state index contributed by atoms with van der Waals surface area (Å²) in [5.74, 6) is 0.121. The molecule has 0 radical (unpaired) electrons. The molecule has 2 unspecified atom stereocenters. The van der Waals surface area contributed by atoms with Crippen molar-refractivity contribution >= 4 is 23.3 Å². The molecule has 1 saturated heterocycles. The minimum Gasteiger partial charge on any atom is -0.315 e. The number of nitrogens with zero attached hydrogens (tertiary/aromatic N) is 2. The number of nitrogens with one attached hydrogen (secondary N) is 1. The van der Waals surface area contributed by atoms with Gasteiger partial charge in [-0.05, 0) is 61.4 Å². The van der Waals surface area contributed by atoms with Gasteiger partial charge in [-0.15, -0.1) is 0 Å². The Morgan fingerprint density at radius 3 is 2.70 bits per heavy atom. The van der Waals surface area contributed by atoms with Crippen LogP contribution in [-0.4, -0.2) is 35.5 Å². The van der Waals surface area contributed by atoms with Gasteiger partial charge >= 0.3 is 6.03 Å². The standard InChI is InChI=1S/C25H27N3O2/c29-24(27-16-4-6-19-5-1-2-9-23(19)27)17-18-10-12-20(13-11-18)26-25(30)28-21-7-3-8-22(28)15-14-21/h1-3,5,7,9-13,21-22H,4,6,8,14-17H2,(H,26,30). The van der Waals surface area contributed by atoms with E-state index in [0.29, 0.717) is 12.5 Å². The van der Waals surface area contributed by atoms with Gasteiger partial charge in [0.1, 0.15) is 0 Å². The fourth-order valence-corrected chi connectivity index (χ4v) is 5.00.